The number of hydrogen-bond acceptors (Lipinski definition) is 2. The molecule has 0 aromatic rings. The van der Waals surface area contributed by atoms with Gasteiger partial charge in [-0.15, -0.1) is 0 Å². The van der Waals surface area contributed by atoms with Crippen LogP contribution in [-0.2, 0) is 4.79 Å². The van der Waals surface area contributed by atoms with Crippen LogP contribution in [0.1, 0.15) is 32.6 Å². The van der Waals surface area contributed by atoms with Gasteiger partial charge in [-0.05, 0) is 25.8 Å². The molecule has 0 bridgehead atoms. The molecule has 2 unspecified atom stereocenters. The Bertz CT molecular complexity index is 181. The summed E-state index contributed by atoms with van der Waals surface area (Å²) < 4.78 is 0. The quantitative estimate of drug-likeness (QED) is 0.671. The summed E-state index contributed by atoms with van der Waals surface area (Å²) in [7, 11) is 1.75. The van der Waals surface area contributed by atoms with Crippen molar-refractivity contribution in [3.05, 3.63) is 0 Å². The molecule has 12 heavy (non-hydrogen) atoms. The van der Waals surface area contributed by atoms with Crippen LogP contribution in [0.3, 0.4) is 0 Å². The Morgan fingerprint density at radius 1 is 1.75 bits per heavy atom. The Morgan fingerprint density at radius 3 is 2.75 bits per heavy atom. The van der Waals surface area contributed by atoms with Crippen LogP contribution < -0.4 is 5.32 Å². The second-order valence-electron chi connectivity index (χ2n) is 3.52. The highest BCUT2D eigenvalue weighted by molar-refractivity contribution is 5.79. The Balaban J connectivity index is 2.83. The van der Waals surface area contributed by atoms with Gasteiger partial charge in [-0.3, -0.25) is 4.79 Å². The molecule has 1 rings (SSSR count). The van der Waals surface area contributed by atoms with Crippen LogP contribution in [0, 0.1) is 5.92 Å². The molecule has 2 atom stereocenters. The van der Waals surface area contributed by atoms with Gasteiger partial charge in [0, 0.05) is 0 Å². The first-order chi connectivity index (χ1) is 5.67. The van der Waals surface area contributed by atoms with Crippen molar-refractivity contribution in [1.29, 1.82) is 0 Å². The first kappa shape index (κ1) is 9.52. The fraction of sp³-hybridized carbons (Fsp3) is 0.889. The monoisotopic (exact) mass is 171 g/mol. The van der Waals surface area contributed by atoms with Crippen molar-refractivity contribution in [1.82, 2.24) is 5.32 Å². The Labute approximate surface area is 73.2 Å². The standard InChI is InChI=1S/C9H17NO2/c1-3-7-5-4-6-9(7,10-2)8(11)12/h7,10H,3-6H2,1-2H3,(H,11,12). The molecule has 1 fully saturated rings. The minimum absolute atomic E-state index is 0.306. The Morgan fingerprint density at radius 2 is 2.42 bits per heavy atom. The number of aliphatic carboxylic acids is 1. The van der Waals surface area contributed by atoms with Crippen molar-refractivity contribution in [2.75, 3.05) is 7.05 Å². The number of nitrogens with one attached hydrogen (secondary N) is 1. The molecule has 3 nitrogen and oxygen atoms in total. The van der Waals surface area contributed by atoms with Crippen LogP contribution in [0.15, 0.2) is 0 Å². The molecule has 0 amide bonds. The fourth-order valence-corrected chi connectivity index (χ4v) is 2.35. The zero-order chi connectivity index (χ0) is 9.19. The number of likely N-dealkylation sites (N-methyl/N-ethyl adjacent to an activating group) is 1. The Kier molecular flexibility index (Phi) is 2.73. The van der Waals surface area contributed by atoms with Crippen molar-refractivity contribution in [2.24, 2.45) is 5.92 Å². The molecule has 0 heterocycles. The van der Waals surface area contributed by atoms with E-state index in [4.69, 9.17) is 5.11 Å². The van der Waals surface area contributed by atoms with E-state index in [0.29, 0.717) is 5.92 Å². The molecule has 0 saturated heterocycles. The molecule has 0 spiro atoms. The van der Waals surface area contributed by atoms with E-state index in [1.807, 2.05) is 0 Å². The topological polar surface area (TPSA) is 49.3 Å². The van der Waals surface area contributed by atoms with Crippen LogP contribution in [0.25, 0.3) is 0 Å². The average molecular weight is 171 g/mol. The largest absolute Gasteiger partial charge is 0.480 e. The molecule has 0 aliphatic heterocycles. The van der Waals surface area contributed by atoms with E-state index < -0.39 is 11.5 Å². The highest BCUT2D eigenvalue weighted by atomic mass is 16.4. The van der Waals surface area contributed by atoms with Gasteiger partial charge in [0.05, 0.1) is 0 Å². The first-order valence-corrected chi connectivity index (χ1v) is 4.59. The van der Waals surface area contributed by atoms with E-state index in [0.717, 1.165) is 25.7 Å². The number of carboxylic acid groups (broad SMARTS) is 1. The first-order valence-electron chi connectivity index (χ1n) is 4.59. The van der Waals surface area contributed by atoms with Crippen LogP contribution in [0.4, 0.5) is 0 Å². The van der Waals surface area contributed by atoms with E-state index in [1.54, 1.807) is 7.05 Å². The predicted octanol–water partition coefficient (Wildman–Crippen LogP) is 1.24. The predicted molar refractivity (Wildman–Crippen MR) is 47.1 cm³/mol. The van der Waals surface area contributed by atoms with E-state index in [-0.39, 0.29) is 0 Å². The molecule has 1 saturated carbocycles. The zero-order valence-corrected chi connectivity index (χ0v) is 7.76. The molecule has 1 aliphatic rings. The second kappa shape index (κ2) is 3.44. The maximum absolute atomic E-state index is 11.1. The molecular formula is C9H17NO2. The van der Waals surface area contributed by atoms with Crippen LogP contribution in [0.2, 0.25) is 0 Å². The van der Waals surface area contributed by atoms with Crippen molar-refractivity contribution in [3.8, 4) is 0 Å². The molecule has 2 N–H and O–H groups in total. The van der Waals surface area contributed by atoms with Gasteiger partial charge in [0.2, 0.25) is 0 Å². The summed E-state index contributed by atoms with van der Waals surface area (Å²) >= 11 is 0. The van der Waals surface area contributed by atoms with E-state index in [1.165, 1.54) is 0 Å². The smallest absolute Gasteiger partial charge is 0.324 e. The lowest BCUT2D eigenvalue weighted by molar-refractivity contribution is -0.146. The summed E-state index contributed by atoms with van der Waals surface area (Å²) in [4.78, 5) is 11.1. The number of carbonyl (C=O) groups is 1. The van der Waals surface area contributed by atoms with Gasteiger partial charge in [-0.2, -0.15) is 0 Å². The van der Waals surface area contributed by atoms with E-state index in [2.05, 4.69) is 12.2 Å². The molecular weight excluding hydrogens is 154 g/mol. The number of carboxylic acids is 1. The second-order valence-corrected chi connectivity index (χ2v) is 3.52. The third-order valence-electron chi connectivity index (χ3n) is 3.14. The van der Waals surface area contributed by atoms with E-state index in [9.17, 15) is 4.79 Å². The molecule has 0 aromatic heterocycles. The minimum Gasteiger partial charge on any atom is -0.480 e. The lowest BCUT2D eigenvalue weighted by Crippen LogP contribution is -2.52. The van der Waals surface area contributed by atoms with Crippen molar-refractivity contribution in [2.45, 2.75) is 38.1 Å². The summed E-state index contributed by atoms with van der Waals surface area (Å²) in [5.41, 5.74) is -0.630. The van der Waals surface area contributed by atoms with E-state index >= 15 is 0 Å². The van der Waals surface area contributed by atoms with Crippen LogP contribution >= 0.6 is 0 Å². The molecule has 1 aliphatic carbocycles. The highest BCUT2D eigenvalue weighted by Gasteiger charge is 2.46. The summed E-state index contributed by atoms with van der Waals surface area (Å²) in [5, 5.41) is 12.1. The van der Waals surface area contributed by atoms with Crippen molar-refractivity contribution >= 4 is 5.97 Å². The van der Waals surface area contributed by atoms with Gasteiger partial charge < -0.3 is 10.4 Å². The van der Waals surface area contributed by atoms with Crippen LogP contribution in [-0.4, -0.2) is 23.7 Å². The molecule has 3 heteroatoms. The lowest BCUT2D eigenvalue weighted by atomic mass is 9.85. The zero-order valence-electron chi connectivity index (χ0n) is 7.76. The summed E-state index contributed by atoms with van der Waals surface area (Å²) in [5.74, 6) is -0.380. The van der Waals surface area contributed by atoms with Gasteiger partial charge in [-0.1, -0.05) is 19.8 Å². The van der Waals surface area contributed by atoms with Gasteiger partial charge in [0.1, 0.15) is 5.54 Å². The van der Waals surface area contributed by atoms with Crippen LogP contribution in [0.5, 0.6) is 0 Å². The molecule has 70 valence electrons. The summed E-state index contributed by atoms with van der Waals surface area (Å²) in [6.07, 6.45) is 3.81. The number of hydrogen-bond donors (Lipinski definition) is 2. The minimum atomic E-state index is -0.686. The summed E-state index contributed by atoms with van der Waals surface area (Å²) in [6, 6.07) is 0. The van der Waals surface area contributed by atoms with Gasteiger partial charge in [-0.25, -0.2) is 0 Å². The lowest BCUT2D eigenvalue weighted by Gasteiger charge is -2.30. The van der Waals surface area contributed by atoms with Gasteiger partial charge in [0.15, 0.2) is 0 Å². The maximum Gasteiger partial charge on any atom is 0.324 e. The van der Waals surface area contributed by atoms with Crippen molar-refractivity contribution < 1.29 is 9.90 Å². The van der Waals surface area contributed by atoms with Crippen molar-refractivity contribution in [3.63, 3.8) is 0 Å². The maximum atomic E-state index is 11.1. The fourth-order valence-electron chi connectivity index (χ4n) is 2.35. The SMILES string of the molecule is CCC1CCCC1(NC)C(=O)O. The average Bonchev–Trinajstić information content (AvgIpc) is 2.47. The number of rotatable bonds is 3. The van der Waals surface area contributed by atoms with Gasteiger partial charge in [0.25, 0.3) is 0 Å². The third-order valence-corrected chi connectivity index (χ3v) is 3.14. The normalized spacial score (nSPS) is 35.3. The summed E-state index contributed by atoms with van der Waals surface area (Å²) in [6.45, 7) is 2.06. The third kappa shape index (κ3) is 1.22. The highest BCUT2D eigenvalue weighted by Crippen LogP contribution is 2.37. The van der Waals surface area contributed by atoms with Gasteiger partial charge >= 0.3 is 5.97 Å². The molecule has 0 aromatic carbocycles. The Hall–Kier alpha value is -0.570. The molecule has 0 radical (unpaired) electrons.